The number of aromatic nitrogens is 1. The average molecular weight is 378 g/mol. The fourth-order valence-corrected chi connectivity index (χ4v) is 4.56. The number of thiazole rings is 1. The Morgan fingerprint density at radius 1 is 1.12 bits per heavy atom. The van der Waals surface area contributed by atoms with Crippen LogP contribution < -0.4 is 0 Å². The molecule has 3 amide bonds. The van der Waals surface area contributed by atoms with E-state index in [0.717, 1.165) is 28.5 Å². The van der Waals surface area contributed by atoms with Gasteiger partial charge in [0.05, 0.1) is 23.8 Å². The average Bonchev–Trinajstić information content (AvgIpc) is 3.13. The number of likely N-dealkylation sites (tertiary alicyclic amines) is 1. The van der Waals surface area contributed by atoms with Crippen LogP contribution in [0.2, 0.25) is 0 Å². The molecule has 2 aliphatic rings. The van der Waals surface area contributed by atoms with E-state index in [2.05, 4.69) is 4.98 Å². The first kappa shape index (κ1) is 18.8. The first-order valence-electron chi connectivity index (χ1n) is 9.15. The van der Waals surface area contributed by atoms with Crippen molar-refractivity contribution in [3.8, 4) is 0 Å². The molecular formula is C18H26N4O3S. The van der Waals surface area contributed by atoms with Crippen molar-refractivity contribution in [1.82, 2.24) is 19.7 Å². The molecule has 142 valence electrons. The summed E-state index contributed by atoms with van der Waals surface area (Å²) >= 11 is 1.57. The van der Waals surface area contributed by atoms with Crippen LogP contribution in [0.15, 0.2) is 0 Å². The van der Waals surface area contributed by atoms with Gasteiger partial charge in [-0.25, -0.2) is 4.98 Å². The fraction of sp³-hybridized carbons (Fsp3) is 0.667. The molecule has 8 heteroatoms. The second-order valence-corrected chi connectivity index (χ2v) is 8.32. The summed E-state index contributed by atoms with van der Waals surface area (Å²) in [7, 11) is 0. The summed E-state index contributed by atoms with van der Waals surface area (Å²) in [5.74, 6) is 0.150. The highest BCUT2D eigenvalue weighted by atomic mass is 32.1. The number of carbonyl (C=O) groups excluding carboxylic acids is 3. The minimum absolute atomic E-state index is 0.0174. The van der Waals surface area contributed by atoms with Crippen LogP contribution in [-0.4, -0.2) is 69.6 Å². The van der Waals surface area contributed by atoms with E-state index in [1.165, 1.54) is 0 Å². The minimum atomic E-state index is -0.466. The van der Waals surface area contributed by atoms with Crippen molar-refractivity contribution in [3.63, 3.8) is 0 Å². The topological polar surface area (TPSA) is 73.8 Å². The zero-order chi connectivity index (χ0) is 18.8. The normalized spacial score (nSPS) is 21.3. The lowest BCUT2D eigenvalue weighted by molar-refractivity contribution is -0.155. The summed E-state index contributed by atoms with van der Waals surface area (Å²) in [5, 5.41) is 0.971. The molecule has 0 aliphatic carbocycles. The van der Waals surface area contributed by atoms with E-state index in [1.54, 1.807) is 28.1 Å². The van der Waals surface area contributed by atoms with Gasteiger partial charge in [-0.15, -0.1) is 11.3 Å². The molecule has 0 saturated carbocycles. The highest BCUT2D eigenvalue weighted by Gasteiger charge is 2.36. The van der Waals surface area contributed by atoms with Gasteiger partial charge >= 0.3 is 0 Å². The van der Waals surface area contributed by atoms with Crippen LogP contribution in [0, 0.1) is 13.8 Å². The number of aryl methyl sites for hydroxylation is 2. The predicted molar refractivity (Wildman–Crippen MR) is 98.6 cm³/mol. The first-order chi connectivity index (χ1) is 12.4. The van der Waals surface area contributed by atoms with E-state index in [0.29, 0.717) is 32.5 Å². The van der Waals surface area contributed by atoms with Crippen molar-refractivity contribution in [1.29, 1.82) is 0 Å². The highest BCUT2D eigenvalue weighted by Crippen LogP contribution is 2.23. The second-order valence-electron chi connectivity index (χ2n) is 7.04. The molecule has 1 aromatic rings. The van der Waals surface area contributed by atoms with Crippen LogP contribution in [0.25, 0.3) is 0 Å². The zero-order valence-electron chi connectivity index (χ0n) is 15.7. The molecule has 0 radical (unpaired) electrons. The Labute approximate surface area is 158 Å². The lowest BCUT2D eigenvalue weighted by Gasteiger charge is -2.38. The van der Waals surface area contributed by atoms with Crippen LogP contribution in [0.5, 0.6) is 0 Å². The standard InChI is InChI=1S/C18H26N4O3S/c1-12-15(26-14(3)19-12)10-22-13(2)18(25)21(11-17(22)24)9-5-8-20-7-4-6-16(20)23/h13H,4-11H2,1-3H3/t13-/m0/s1. The molecule has 0 spiro atoms. The third kappa shape index (κ3) is 3.90. The Hall–Kier alpha value is -1.96. The molecule has 0 unspecified atom stereocenters. The van der Waals surface area contributed by atoms with E-state index < -0.39 is 6.04 Å². The number of nitrogens with zero attached hydrogens (tertiary/aromatic N) is 4. The number of piperazine rings is 1. The molecule has 2 fully saturated rings. The number of rotatable bonds is 6. The van der Waals surface area contributed by atoms with E-state index in [9.17, 15) is 14.4 Å². The van der Waals surface area contributed by atoms with Gasteiger partial charge in [-0.3, -0.25) is 14.4 Å². The van der Waals surface area contributed by atoms with Crippen molar-refractivity contribution >= 4 is 29.1 Å². The summed E-state index contributed by atoms with van der Waals surface area (Å²) in [6, 6.07) is -0.466. The molecule has 0 aromatic carbocycles. The molecule has 2 saturated heterocycles. The van der Waals surface area contributed by atoms with Crippen molar-refractivity contribution in [2.75, 3.05) is 26.2 Å². The SMILES string of the molecule is Cc1nc(C)c(CN2C(=O)CN(CCCN3CCCC3=O)C(=O)[C@@H]2C)s1. The van der Waals surface area contributed by atoms with Crippen LogP contribution in [-0.2, 0) is 20.9 Å². The fourth-order valence-electron chi connectivity index (χ4n) is 3.63. The molecule has 7 nitrogen and oxygen atoms in total. The smallest absolute Gasteiger partial charge is 0.245 e. The van der Waals surface area contributed by atoms with Crippen molar-refractivity contribution in [2.45, 2.75) is 52.6 Å². The third-order valence-corrected chi connectivity index (χ3v) is 6.18. The van der Waals surface area contributed by atoms with E-state index in [4.69, 9.17) is 0 Å². The Balaban J connectivity index is 1.56. The van der Waals surface area contributed by atoms with Crippen molar-refractivity contribution in [3.05, 3.63) is 15.6 Å². The maximum absolute atomic E-state index is 12.7. The molecule has 1 atom stereocenters. The second kappa shape index (κ2) is 7.73. The maximum Gasteiger partial charge on any atom is 0.245 e. The van der Waals surface area contributed by atoms with Gasteiger partial charge in [-0.2, -0.15) is 0 Å². The Kier molecular flexibility index (Phi) is 5.60. The minimum Gasteiger partial charge on any atom is -0.343 e. The van der Waals surface area contributed by atoms with E-state index in [1.807, 2.05) is 18.7 Å². The summed E-state index contributed by atoms with van der Waals surface area (Å²) in [6.07, 6.45) is 2.26. The van der Waals surface area contributed by atoms with Crippen LogP contribution in [0.3, 0.4) is 0 Å². The van der Waals surface area contributed by atoms with Crippen molar-refractivity contribution in [2.24, 2.45) is 0 Å². The van der Waals surface area contributed by atoms with Gasteiger partial charge in [-0.05, 0) is 33.6 Å². The van der Waals surface area contributed by atoms with E-state index >= 15 is 0 Å². The Morgan fingerprint density at radius 3 is 2.46 bits per heavy atom. The highest BCUT2D eigenvalue weighted by molar-refractivity contribution is 7.11. The van der Waals surface area contributed by atoms with Crippen LogP contribution >= 0.6 is 11.3 Å². The van der Waals surface area contributed by atoms with Gasteiger partial charge in [0.2, 0.25) is 17.7 Å². The Morgan fingerprint density at radius 2 is 1.85 bits per heavy atom. The zero-order valence-corrected chi connectivity index (χ0v) is 16.5. The molecule has 2 aliphatic heterocycles. The van der Waals surface area contributed by atoms with Gasteiger partial charge < -0.3 is 14.7 Å². The predicted octanol–water partition coefficient (Wildman–Crippen LogP) is 1.33. The van der Waals surface area contributed by atoms with Crippen LogP contribution in [0.4, 0.5) is 0 Å². The number of carbonyl (C=O) groups is 3. The molecular weight excluding hydrogens is 352 g/mol. The summed E-state index contributed by atoms with van der Waals surface area (Å²) in [4.78, 5) is 47.5. The largest absolute Gasteiger partial charge is 0.343 e. The lowest BCUT2D eigenvalue weighted by atomic mass is 10.1. The number of hydrogen-bond acceptors (Lipinski definition) is 5. The molecule has 3 heterocycles. The van der Waals surface area contributed by atoms with Gasteiger partial charge in [-0.1, -0.05) is 0 Å². The monoisotopic (exact) mass is 378 g/mol. The first-order valence-corrected chi connectivity index (χ1v) is 9.97. The quantitative estimate of drug-likeness (QED) is 0.749. The molecule has 0 bridgehead atoms. The van der Waals surface area contributed by atoms with Crippen molar-refractivity contribution < 1.29 is 14.4 Å². The third-order valence-electron chi connectivity index (χ3n) is 5.12. The van der Waals surface area contributed by atoms with Gasteiger partial charge in [0, 0.05) is 30.9 Å². The molecule has 1 aromatic heterocycles. The maximum atomic E-state index is 12.7. The molecule has 26 heavy (non-hydrogen) atoms. The van der Waals surface area contributed by atoms with E-state index in [-0.39, 0.29) is 24.3 Å². The molecule has 0 N–H and O–H groups in total. The number of amides is 3. The van der Waals surface area contributed by atoms with Crippen LogP contribution in [0.1, 0.15) is 41.8 Å². The number of hydrogen-bond donors (Lipinski definition) is 0. The summed E-state index contributed by atoms with van der Waals surface area (Å²) < 4.78 is 0. The Bertz CT molecular complexity index is 717. The van der Waals surface area contributed by atoms with Gasteiger partial charge in [0.15, 0.2) is 0 Å². The summed E-state index contributed by atoms with van der Waals surface area (Å²) in [6.45, 7) is 8.22. The van der Waals surface area contributed by atoms with Gasteiger partial charge in [0.25, 0.3) is 0 Å². The van der Waals surface area contributed by atoms with Gasteiger partial charge in [0.1, 0.15) is 6.04 Å². The lowest BCUT2D eigenvalue weighted by Crippen LogP contribution is -2.58. The summed E-state index contributed by atoms with van der Waals surface area (Å²) in [5.41, 5.74) is 0.928. The molecule has 3 rings (SSSR count).